The van der Waals surface area contributed by atoms with Gasteiger partial charge in [-0.1, -0.05) is 11.8 Å². The van der Waals surface area contributed by atoms with Crippen LogP contribution in [0, 0.1) is 0 Å². The van der Waals surface area contributed by atoms with Gasteiger partial charge in [0.1, 0.15) is 11.6 Å². The number of carbonyl (C=O) groups excluding carboxylic acids is 1. The molecule has 0 aliphatic rings. The Kier molecular flexibility index (Phi) is 5.94. The van der Waals surface area contributed by atoms with Gasteiger partial charge < -0.3 is 14.5 Å². The van der Waals surface area contributed by atoms with E-state index in [2.05, 4.69) is 24.9 Å². The highest BCUT2D eigenvalue weighted by Gasteiger charge is 2.17. The first-order valence-corrected chi connectivity index (χ1v) is 9.09. The number of nitrogens with zero attached hydrogens (tertiary/aromatic N) is 3. The summed E-state index contributed by atoms with van der Waals surface area (Å²) in [7, 11) is 2.88. The SMILES string of the molecule is COC(=O)CSc1nnc(Cc2cc(=O)[nH]c(=O)[nH]2)n1-c1ccc(OC)cc1. The lowest BCUT2D eigenvalue weighted by molar-refractivity contribution is -0.137. The summed E-state index contributed by atoms with van der Waals surface area (Å²) in [6.45, 7) is 0. The van der Waals surface area contributed by atoms with Gasteiger partial charge in [0.25, 0.3) is 5.56 Å². The highest BCUT2D eigenvalue weighted by molar-refractivity contribution is 7.99. The van der Waals surface area contributed by atoms with Crippen LogP contribution in [0.4, 0.5) is 0 Å². The summed E-state index contributed by atoms with van der Waals surface area (Å²) in [6.07, 6.45) is 0.164. The molecule has 2 N–H and O–H groups in total. The van der Waals surface area contributed by atoms with E-state index in [9.17, 15) is 14.4 Å². The Hall–Kier alpha value is -3.34. The molecular weight excluding hydrogens is 386 g/mol. The number of hydrogen-bond donors (Lipinski definition) is 2. The van der Waals surface area contributed by atoms with Crippen molar-refractivity contribution in [3.05, 3.63) is 62.7 Å². The van der Waals surface area contributed by atoms with E-state index < -0.39 is 17.2 Å². The zero-order valence-corrected chi connectivity index (χ0v) is 15.9. The zero-order valence-electron chi connectivity index (χ0n) is 15.1. The van der Waals surface area contributed by atoms with Gasteiger partial charge in [-0.3, -0.25) is 19.1 Å². The molecule has 0 atom stereocenters. The Balaban J connectivity index is 2.00. The van der Waals surface area contributed by atoms with Crippen LogP contribution in [-0.2, 0) is 16.0 Å². The van der Waals surface area contributed by atoms with Crippen molar-refractivity contribution in [2.45, 2.75) is 11.6 Å². The van der Waals surface area contributed by atoms with Crippen molar-refractivity contribution in [2.24, 2.45) is 0 Å². The molecule has 10 nitrogen and oxygen atoms in total. The second-order valence-corrected chi connectivity index (χ2v) is 6.53. The lowest BCUT2D eigenvalue weighted by Gasteiger charge is -2.11. The first kappa shape index (κ1) is 19.4. The number of esters is 1. The molecule has 0 saturated heterocycles. The monoisotopic (exact) mass is 403 g/mol. The number of aromatic amines is 2. The molecule has 0 bridgehead atoms. The number of aromatic nitrogens is 5. The Labute approximate surface area is 162 Å². The lowest BCUT2D eigenvalue weighted by Crippen LogP contribution is -2.23. The third-order valence-corrected chi connectivity index (χ3v) is 4.64. The maximum atomic E-state index is 11.6. The number of H-pyrrole nitrogens is 2. The van der Waals surface area contributed by atoms with Gasteiger partial charge in [-0.2, -0.15) is 0 Å². The molecule has 0 fully saturated rings. The van der Waals surface area contributed by atoms with Gasteiger partial charge in [-0.25, -0.2) is 4.79 Å². The van der Waals surface area contributed by atoms with E-state index in [4.69, 9.17) is 4.74 Å². The van der Waals surface area contributed by atoms with Crippen molar-refractivity contribution < 1.29 is 14.3 Å². The van der Waals surface area contributed by atoms with Crippen LogP contribution < -0.4 is 16.0 Å². The van der Waals surface area contributed by atoms with Crippen molar-refractivity contribution in [3.8, 4) is 11.4 Å². The molecule has 0 aliphatic heterocycles. The fraction of sp³-hybridized carbons (Fsp3) is 0.235. The maximum absolute atomic E-state index is 11.6. The molecule has 3 aromatic rings. The molecule has 0 spiro atoms. The molecule has 0 unspecified atom stereocenters. The minimum Gasteiger partial charge on any atom is -0.497 e. The number of methoxy groups -OCH3 is 2. The topological polar surface area (TPSA) is 132 Å². The Bertz CT molecular complexity index is 1060. The van der Waals surface area contributed by atoms with E-state index in [1.54, 1.807) is 23.8 Å². The molecule has 0 saturated carbocycles. The van der Waals surface area contributed by atoms with Crippen LogP contribution in [0.15, 0.2) is 45.1 Å². The van der Waals surface area contributed by atoms with Crippen molar-refractivity contribution in [3.63, 3.8) is 0 Å². The molecule has 28 heavy (non-hydrogen) atoms. The molecule has 1 aromatic carbocycles. The van der Waals surface area contributed by atoms with Crippen LogP contribution >= 0.6 is 11.8 Å². The van der Waals surface area contributed by atoms with Gasteiger partial charge in [0.05, 0.1) is 20.0 Å². The van der Waals surface area contributed by atoms with E-state index >= 15 is 0 Å². The molecule has 0 amide bonds. The number of carbonyl (C=O) groups is 1. The van der Waals surface area contributed by atoms with Gasteiger partial charge in [0.15, 0.2) is 5.16 Å². The first-order chi connectivity index (χ1) is 13.5. The van der Waals surface area contributed by atoms with Crippen LogP contribution in [0.5, 0.6) is 5.75 Å². The fourth-order valence-electron chi connectivity index (χ4n) is 2.47. The van der Waals surface area contributed by atoms with Crippen LogP contribution in [0.1, 0.15) is 11.5 Å². The summed E-state index contributed by atoms with van der Waals surface area (Å²) in [5.74, 6) is 0.835. The number of ether oxygens (including phenoxy) is 2. The van der Waals surface area contributed by atoms with Crippen molar-refractivity contribution in [2.75, 3.05) is 20.0 Å². The van der Waals surface area contributed by atoms with E-state index in [1.807, 2.05) is 12.1 Å². The predicted octanol–water partition coefficient (Wildman–Crippen LogP) is 0.508. The first-order valence-electron chi connectivity index (χ1n) is 8.11. The highest BCUT2D eigenvalue weighted by atomic mass is 32.2. The third kappa shape index (κ3) is 4.49. The van der Waals surface area contributed by atoms with Crippen LogP contribution in [0.25, 0.3) is 5.69 Å². The number of hydrogen-bond acceptors (Lipinski definition) is 8. The largest absolute Gasteiger partial charge is 0.497 e. The maximum Gasteiger partial charge on any atom is 0.325 e. The standard InChI is InChI=1S/C17H17N5O5S/c1-26-12-5-3-11(4-6-12)22-13(7-10-8-14(23)19-16(25)18-10)20-21-17(22)28-9-15(24)27-2/h3-6,8H,7,9H2,1-2H3,(H2,18,19,23,25). The molecule has 146 valence electrons. The quantitative estimate of drug-likeness (QED) is 0.431. The number of benzene rings is 1. The smallest absolute Gasteiger partial charge is 0.325 e. The van der Waals surface area contributed by atoms with Gasteiger partial charge >= 0.3 is 11.7 Å². The third-order valence-electron chi connectivity index (χ3n) is 3.74. The van der Waals surface area contributed by atoms with E-state index in [-0.39, 0.29) is 12.2 Å². The van der Waals surface area contributed by atoms with Crippen LogP contribution in [0.3, 0.4) is 0 Å². The number of nitrogens with one attached hydrogen (secondary N) is 2. The van der Waals surface area contributed by atoms with Crippen molar-refractivity contribution >= 4 is 17.7 Å². The predicted molar refractivity (Wildman–Crippen MR) is 101 cm³/mol. The van der Waals surface area contributed by atoms with E-state index in [0.717, 1.165) is 5.69 Å². The van der Waals surface area contributed by atoms with Crippen molar-refractivity contribution in [1.29, 1.82) is 0 Å². The van der Waals surface area contributed by atoms with E-state index in [1.165, 1.54) is 24.9 Å². The average molecular weight is 403 g/mol. The Morgan fingerprint density at radius 2 is 1.89 bits per heavy atom. The molecule has 11 heteroatoms. The molecule has 2 aromatic heterocycles. The van der Waals surface area contributed by atoms with Crippen LogP contribution in [-0.4, -0.2) is 50.7 Å². The Morgan fingerprint density at radius 1 is 1.14 bits per heavy atom. The van der Waals surface area contributed by atoms with Gasteiger partial charge in [0, 0.05) is 23.9 Å². The van der Waals surface area contributed by atoms with Gasteiger partial charge in [-0.05, 0) is 24.3 Å². The molecule has 0 radical (unpaired) electrons. The molecule has 0 aliphatic carbocycles. The zero-order chi connectivity index (χ0) is 20.1. The summed E-state index contributed by atoms with van der Waals surface area (Å²) in [4.78, 5) is 39.3. The minimum atomic E-state index is -0.599. The van der Waals surface area contributed by atoms with Crippen molar-refractivity contribution in [1.82, 2.24) is 24.7 Å². The van der Waals surface area contributed by atoms with Crippen LogP contribution in [0.2, 0.25) is 0 Å². The van der Waals surface area contributed by atoms with Gasteiger partial charge in [-0.15, -0.1) is 10.2 Å². The highest BCUT2D eigenvalue weighted by Crippen LogP contribution is 2.24. The summed E-state index contributed by atoms with van der Waals surface area (Å²) in [5, 5.41) is 8.78. The number of thioether (sulfide) groups is 1. The summed E-state index contributed by atoms with van der Waals surface area (Å²) in [6, 6.07) is 8.48. The number of rotatable bonds is 7. The normalized spacial score (nSPS) is 10.6. The molecule has 2 heterocycles. The van der Waals surface area contributed by atoms with E-state index in [0.29, 0.717) is 22.4 Å². The lowest BCUT2D eigenvalue weighted by atomic mass is 10.2. The molecular formula is C17H17N5O5S. The molecule has 3 rings (SSSR count). The Morgan fingerprint density at radius 3 is 2.54 bits per heavy atom. The fourth-order valence-corrected chi connectivity index (χ4v) is 3.27. The average Bonchev–Trinajstić information content (AvgIpc) is 3.07. The minimum absolute atomic E-state index is 0.0621. The summed E-state index contributed by atoms with van der Waals surface area (Å²) >= 11 is 1.17. The van der Waals surface area contributed by atoms with Gasteiger partial charge in [0.2, 0.25) is 0 Å². The summed E-state index contributed by atoms with van der Waals surface area (Å²) in [5.41, 5.74) is 0.0219. The second kappa shape index (κ2) is 8.57. The summed E-state index contributed by atoms with van der Waals surface area (Å²) < 4.78 is 11.6. The second-order valence-electron chi connectivity index (χ2n) is 5.59.